The maximum Gasteiger partial charge on any atom is 0.340 e. The largest absolute Gasteiger partial charge is 0.478 e. The first-order valence-electron chi connectivity index (χ1n) is 5.06. The van der Waals surface area contributed by atoms with Crippen molar-refractivity contribution in [2.24, 2.45) is 5.73 Å². The highest BCUT2D eigenvalue weighted by Gasteiger charge is 2.27. The van der Waals surface area contributed by atoms with Crippen LogP contribution in [0, 0.1) is 5.82 Å². The average Bonchev–Trinajstić information content (AvgIpc) is 2.22. The number of carbonyl (C=O) groups is 2. The number of halogens is 1. The van der Waals surface area contributed by atoms with Crippen LogP contribution in [-0.4, -0.2) is 22.5 Å². The SMILES string of the molecule is CC(C)(Nc1ccc(F)c(N)c1C(=O)O)C(N)=O. The van der Waals surface area contributed by atoms with Crippen molar-refractivity contribution in [1.29, 1.82) is 0 Å². The molecule has 98 valence electrons. The van der Waals surface area contributed by atoms with E-state index in [-0.39, 0.29) is 5.69 Å². The Kier molecular flexibility index (Phi) is 3.45. The molecule has 0 radical (unpaired) electrons. The second-order valence-electron chi connectivity index (χ2n) is 4.30. The Labute approximate surface area is 103 Å². The van der Waals surface area contributed by atoms with Crippen LogP contribution >= 0.6 is 0 Å². The van der Waals surface area contributed by atoms with Gasteiger partial charge in [0.05, 0.1) is 11.4 Å². The van der Waals surface area contributed by atoms with Gasteiger partial charge < -0.3 is 21.9 Å². The number of amides is 1. The summed E-state index contributed by atoms with van der Waals surface area (Å²) in [6, 6.07) is 2.21. The van der Waals surface area contributed by atoms with Crippen molar-refractivity contribution in [2.75, 3.05) is 11.1 Å². The number of nitrogen functional groups attached to an aromatic ring is 1. The Morgan fingerprint density at radius 1 is 1.39 bits per heavy atom. The van der Waals surface area contributed by atoms with Crippen molar-refractivity contribution in [3.8, 4) is 0 Å². The number of rotatable bonds is 4. The average molecular weight is 255 g/mol. The molecule has 0 saturated heterocycles. The number of nitrogens with one attached hydrogen (secondary N) is 1. The maximum absolute atomic E-state index is 13.2. The molecule has 0 fully saturated rings. The van der Waals surface area contributed by atoms with E-state index >= 15 is 0 Å². The first kappa shape index (κ1) is 13.8. The van der Waals surface area contributed by atoms with Crippen LogP contribution in [0.1, 0.15) is 24.2 Å². The molecule has 18 heavy (non-hydrogen) atoms. The van der Waals surface area contributed by atoms with E-state index in [2.05, 4.69) is 5.32 Å². The van der Waals surface area contributed by atoms with Gasteiger partial charge in [0.25, 0.3) is 0 Å². The van der Waals surface area contributed by atoms with Gasteiger partial charge in [0, 0.05) is 0 Å². The molecule has 7 heteroatoms. The highest BCUT2D eigenvalue weighted by molar-refractivity contribution is 6.01. The number of carboxylic acids is 1. The fourth-order valence-corrected chi connectivity index (χ4v) is 1.33. The number of primary amides is 1. The molecule has 1 amide bonds. The van der Waals surface area contributed by atoms with Crippen molar-refractivity contribution in [3.63, 3.8) is 0 Å². The molecule has 0 saturated carbocycles. The predicted octanol–water partition coefficient (Wildman–Crippen LogP) is 0.782. The van der Waals surface area contributed by atoms with Crippen LogP contribution < -0.4 is 16.8 Å². The predicted molar refractivity (Wildman–Crippen MR) is 64.7 cm³/mol. The van der Waals surface area contributed by atoms with Gasteiger partial charge in [-0.15, -0.1) is 0 Å². The van der Waals surface area contributed by atoms with Crippen LogP contribution in [0.15, 0.2) is 12.1 Å². The Morgan fingerprint density at radius 2 is 1.94 bits per heavy atom. The lowest BCUT2D eigenvalue weighted by molar-refractivity contribution is -0.121. The summed E-state index contributed by atoms with van der Waals surface area (Å²) in [5.74, 6) is -2.91. The van der Waals surface area contributed by atoms with Gasteiger partial charge in [-0.05, 0) is 26.0 Å². The Morgan fingerprint density at radius 3 is 2.39 bits per heavy atom. The van der Waals surface area contributed by atoms with Gasteiger partial charge in [0.2, 0.25) is 5.91 Å². The lowest BCUT2D eigenvalue weighted by atomic mass is 10.0. The van der Waals surface area contributed by atoms with Crippen LogP contribution in [0.4, 0.5) is 15.8 Å². The molecule has 0 unspecified atom stereocenters. The first-order valence-corrected chi connectivity index (χ1v) is 5.06. The van der Waals surface area contributed by atoms with Crippen LogP contribution in [0.2, 0.25) is 0 Å². The van der Waals surface area contributed by atoms with Gasteiger partial charge in [-0.3, -0.25) is 4.79 Å². The smallest absolute Gasteiger partial charge is 0.340 e. The van der Waals surface area contributed by atoms with E-state index in [1.165, 1.54) is 19.9 Å². The molecule has 1 aromatic rings. The number of hydrogen-bond donors (Lipinski definition) is 4. The lowest BCUT2D eigenvalue weighted by Gasteiger charge is -2.25. The van der Waals surface area contributed by atoms with Gasteiger partial charge in [0.15, 0.2) is 0 Å². The van der Waals surface area contributed by atoms with Crippen LogP contribution in [-0.2, 0) is 4.79 Å². The third-order valence-electron chi connectivity index (χ3n) is 2.47. The molecular weight excluding hydrogens is 241 g/mol. The Bertz CT molecular complexity index is 515. The summed E-state index contributed by atoms with van der Waals surface area (Å²) in [7, 11) is 0. The zero-order valence-electron chi connectivity index (χ0n) is 9.95. The van der Waals surface area contributed by atoms with Crippen molar-refractivity contribution >= 4 is 23.3 Å². The highest BCUT2D eigenvalue weighted by Crippen LogP contribution is 2.27. The molecular formula is C11H14FN3O3. The van der Waals surface area contributed by atoms with Crippen molar-refractivity contribution in [1.82, 2.24) is 0 Å². The Balaban J connectivity index is 3.30. The fourth-order valence-electron chi connectivity index (χ4n) is 1.33. The van der Waals surface area contributed by atoms with Gasteiger partial charge >= 0.3 is 5.97 Å². The van der Waals surface area contributed by atoms with E-state index in [0.717, 1.165) is 6.07 Å². The van der Waals surface area contributed by atoms with Crippen LogP contribution in [0.3, 0.4) is 0 Å². The zero-order valence-corrected chi connectivity index (χ0v) is 9.95. The molecule has 6 nitrogen and oxygen atoms in total. The fraction of sp³-hybridized carbons (Fsp3) is 0.273. The van der Waals surface area contributed by atoms with E-state index in [0.29, 0.717) is 0 Å². The van der Waals surface area contributed by atoms with E-state index in [9.17, 15) is 14.0 Å². The second-order valence-corrected chi connectivity index (χ2v) is 4.30. The minimum atomic E-state index is -1.39. The normalized spacial score (nSPS) is 11.1. The van der Waals surface area contributed by atoms with E-state index in [1.807, 2.05) is 0 Å². The third kappa shape index (κ3) is 2.50. The minimum Gasteiger partial charge on any atom is -0.478 e. The maximum atomic E-state index is 13.2. The van der Waals surface area contributed by atoms with E-state index < -0.39 is 34.5 Å². The summed E-state index contributed by atoms with van der Waals surface area (Å²) in [6.07, 6.45) is 0. The molecule has 6 N–H and O–H groups in total. The number of hydrogen-bond acceptors (Lipinski definition) is 4. The molecule has 1 rings (SSSR count). The molecule has 0 aliphatic rings. The van der Waals surface area contributed by atoms with Crippen molar-refractivity contribution < 1.29 is 19.1 Å². The summed E-state index contributed by atoms with van der Waals surface area (Å²) >= 11 is 0. The topological polar surface area (TPSA) is 118 Å². The zero-order chi connectivity index (χ0) is 14.1. The summed E-state index contributed by atoms with van der Waals surface area (Å²) in [5, 5.41) is 11.6. The van der Waals surface area contributed by atoms with Crippen LogP contribution in [0.5, 0.6) is 0 Å². The van der Waals surface area contributed by atoms with E-state index in [1.54, 1.807) is 0 Å². The third-order valence-corrected chi connectivity index (χ3v) is 2.47. The minimum absolute atomic E-state index is 0.0326. The molecule has 0 aliphatic heterocycles. The number of carboxylic acid groups (broad SMARTS) is 1. The van der Waals surface area contributed by atoms with E-state index in [4.69, 9.17) is 16.6 Å². The first-order chi connectivity index (χ1) is 8.16. The highest BCUT2D eigenvalue weighted by atomic mass is 19.1. The summed E-state index contributed by atoms with van der Waals surface area (Å²) in [6.45, 7) is 2.95. The quantitative estimate of drug-likeness (QED) is 0.593. The lowest BCUT2D eigenvalue weighted by Crippen LogP contribution is -2.45. The van der Waals surface area contributed by atoms with Gasteiger partial charge in [0.1, 0.15) is 16.9 Å². The Hall–Kier alpha value is -2.31. The number of nitrogens with two attached hydrogens (primary N) is 2. The van der Waals surface area contributed by atoms with Crippen molar-refractivity contribution in [3.05, 3.63) is 23.5 Å². The molecule has 0 atom stereocenters. The summed E-state index contributed by atoms with van der Waals surface area (Å²) in [4.78, 5) is 22.2. The number of carbonyl (C=O) groups excluding carboxylic acids is 1. The molecule has 1 aromatic carbocycles. The molecule has 0 aromatic heterocycles. The van der Waals surface area contributed by atoms with Crippen molar-refractivity contribution in [2.45, 2.75) is 19.4 Å². The molecule has 0 heterocycles. The number of aromatic carboxylic acids is 1. The number of benzene rings is 1. The van der Waals surface area contributed by atoms with Crippen LogP contribution in [0.25, 0.3) is 0 Å². The second kappa shape index (κ2) is 4.52. The van der Waals surface area contributed by atoms with Gasteiger partial charge in [-0.2, -0.15) is 0 Å². The summed E-state index contributed by atoms with van der Waals surface area (Å²) in [5.41, 5.74) is 8.45. The van der Waals surface area contributed by atoms with Gasteiger partial charge in [-0.25, -0.2) is 9.18 Å². The number of anilines is 2. The molecule has 0 spiro atoms. The molecule has 0 bridgehead atoms. The molecule has 0 aliphatic carbocycles. The standard InChI is InChI=1S/C11H14FN3O3/c1-11(2,10(14)18)15-6-4-3-5(12)8(13)7(6)9(16)17/h3-4,15H,13H2,1-2H3,(H2,14,18)(H,16,17). The monoisotopic (exact) mass is 255 g/mol. The summed E-state index contributed by atoms with van der Waals surface area (Å²) < 4.78 is 13.2. The van der Waals surface area contributed by atoms with Gasteiger partial charge in [-0.1, -0.05) is 0 Å².